The van der Waals surface area contributed by atoms with Gasteiger partial charge in [0.05, 0.1) is 19.8 Å². The maximum Gasteiger partial charge on any atom is 0.238 e. The Bertz CT molecular complexity index is 256. The van der Waals surface area contributed by atoms with Gasteiger partial charge in [0.1, 0.15) is 0 Å². The lowest BCUT2D eigenvalue weighted by molar-refractivity contribution is -0.137. The fraction of sp³-hybridized carbons (Fsp3) is 0.909. The molecule has 2 aliphatic rings. The number of rotatable bonds is 4. The number of hydrogen-bond acceptors (Lipinski definition) is 5. The van der Waals surface area contributed by atoms with Crippen molar-refractivity contribution in [1.82, 2.24) is 20.2 Å². The van der Waals surface area contributed by atoms with E-state index in [1.807, 2.05) is 17.0 Å². The Morgan fingerprint density at radius 2 is 1.94 bits per heavy atom. The minimum absolute atomic E-state index is 0.221. The van der Waals surface area contributed by atoms with Crippen molar-refractivity contribution in [2.24, 2.45) is 0 Å². The minimum Gasteiger partial charge on any atom is -0.379 e. The lowest BCUT2D eigenvalue weighted by atomic mass is 10.3. The highest BCUT2D eigenvalue weighted by atomic mass is 16.5. The molecule has 0 aromatic carbocycles. The smallest absolute Gasteiger partial charge is 0.238 e. The van der Waals surface area contributed by atoms with Crippen molar-refractivity contribution < 1.29 is 9.53 Å². The molecule has 98 valence electrons. The van der Waals surface area contributed by atoms with Crippen LogP contribution in [0.25, 0.3) is 0 Å². The average Bonchev–Trinajstić information content (AvgIpc) is 2.38. The van der Waals surface area contributed by atoms with Gasteiger partial charge in [-0.3, -0.25) is 15.1 Å². The van der Waals surface area contributed by atoms with E-state index in [4.69, 9.17) is 4.74 Å². The van der Waals surface area contributed by atoms with E-state index in [-0.39, 0.29) is 5.91 Å². The molecule has 1 N–H and O–H groups in total. The van der Waals surface area contributed by atoms with Gasteiger partial charge in [0.15, 0.2) is 0 Å². The number of morpholine rings is 1. The van der Waals surface area contributed by atoms with Crippen molar-refractivity contribution in [3.8, 4) is 0 Å². The van der Waals surface area contributed by atoms with E-state index in [1.54, 1.807) is 0 Å². The highest BCUT2D eigenvalue weighted by Crippen LogP contribution is 2.02. The van der Waals surface area contributed by atoms with Crippen LogP contribution in [0.15, 0.2) is 0 Å². The molecule has 0 bridgehead atoms. The molecule has 0 spiro atoms. The molecule has 0 unspecified atom stereocenters. The van der Waals surface area contributed by atoms with E-state index in [0.29, 0.717) is 6.54 Å². The number of piperazine rings is 1. The zero-order chi connectivity index (χ0) is 12.1. The monoisotopic (exact) mass is 242 g/mol. The number of hydrazine groups is 1. The number of amides is 1. The van der Waals surface area contributed by atoms with Crippen LogP contribution < -0.4 is 5.43 Å². The van der Waals surface area contributed by atoms with Crippen LogP contribution in [-0.4, -0.2) is 86.8 Å². The third-order valence-electron chi connectivity index (χ3n) is 3.42. The lowest BCUT2D eigenvalue weighted by Gasteiger charge is -2.35. The van der Waals surface area contributed by atoms with Gasteiger partial charge in [0.25, 0.3) is 0 Å². The number of hydrogen-bond donors (Lipinski definition) is 1. The number of nitrogens with one attached hydrogen (secondary N) is 1. The Labute approximate surface area is 102 Å². The summed E-state index contributed by atoms with van der Waals surface area (Å²) in [5.41, 5.74) is 3.02. The van der Waals surface area contributed by atoms with Gasteiger partial charge in [0, 0.05) is 39.3 Å². The maximum absolute atomic E-state index is 11.8. The van der Waals surface area contributed by atoms with Gasteiger partial charge in [-0.05, 0) is 7.05 Å². The fourth-order valence-electron chi connectivity index (χ4n) is 2.22. The molecule has 17 heavy (non-hydrogen) atoms. The normalized spacial score (nSPS) is 24.3. The van der Waals surface area contributed by atoms with Crippen LogP contribution in [0, 0.1) is 0 Å². The van der Waals surface area contributed by atoms with Crippen molar-refractivity contribution >= 4 is 5.91 Å². The molecular weight excluding hydrogens is 220 g/mol. The zero-order valence-electron chi connectivity index (χ0n) is 10.5. The molecule has 6 heteroatoms. The van der Waals surface area contributed by atoms with Gasteiger partial charge in [-0.15, -0.1) is 0 Å². The largest absolute Gasteiger partial charge is 0.379 e. The molecule has 2 saturated heterocycles. The first-order valence-electron chi connectivity index (χ1n) is 6.30. The first-order valence-corrected chi connectivity index (χ1v) is 6.30. The molecule has 0 aromatic heterocycles. The molecule has 0 atom stereocenters. The Kier molecular flexibility index (Phi) is 4.73. The van der Waals surface area contributed by atoms with Gasteiger partial charge < -0.3 is 9.64 Å². The summed E-state index contributed by atoms with van der Waals surface area (Å²) >= 11 is 0. The van der Waals surface area contributed by atoms with E-state index in [2.05, 4.69) is 10.3 Å². The summed E-state index contributed by atoms with van der Waals surface area (Å²) in [7, 11) is 1.86. The summed E-state index contributed by atoms with van der Waals surface area (Å²) in [5.74, 6) is 0.221. The molecule has 2 heterocycles. The predicted molar refractivity (Wildman–Crippen MR) is 64.5 cm³/mol. The third-order valence-corrected chi connectivity index (χ3v) is 3.42. The second-order valence-electron chi connectivity index (χ2n) is 4.48. The molecular formula is C11H22N4O2. The third kappa shape index (κ3) is 3.64. The Morgan fingerprint density at radius 1 is 1.18 bits per heavy atom. The SMILES string of the molecule is CNN1CCN(CCN2CCOCC2)C(=O)C1. The average molecular weight is 242 g/mol. The van der Waals surface area contributed by atoms with Crippen LogP contribution in [0.1, 0.15) is 0 Å². The molecule has 1 amide bonds. The van der Waals surface area contributed by atoms with E-state index < -0.39 is 0 Å². The molecule has 2 aliphatic heterocycles. The van der Waals surface area contributed by atoms with Gasteiger partial charge in [0.2, 0.25) is 5.91 Å². The first-order chi connectivity index (χ1) is 8.29. The number of carbonyl (C=O) groups is 1. The van der Waals surface area contributed by atoms with E-state index in [9.17, 15) is 4.79 Å². The molecule has 0 aliphatic carbocycles. The molecule has 2 fully saturated rings. The van der Waals surface area contributed by atoms with Crippen molar-refractivity contribution in [2.75, 3.05) is 66.1 Å². The summed E-state index contributed by atoms with van der Waals surface area (Å²) in [5, 5.41) is 1.95. The summed E-state index contributed by atoms with van der Waals surface area (Å²) < 4.78 is 5.30. The molecule has 2 rings (SSSR count). The van der Waals surface area contributed by atoms with Crippen LogP contribution in [-0.2, 0) is 9.53 Å². The summed E-state index contributed by atoms with van der Waals surface area (Å²) in [6.07, 6.45) is 0. The Morgan fingerprint density at radius 3 is 2.59 bits per heavy atom. The summed E-state index contributed by atoms with van der Waals surface area (Å²) in [6, 6.07) is 0. The van der Waals surface area contributed by atoms with Crippen LogP contribution in [0.2, 0.25) is 0 Å². The van der Waals surface area contributed by atoms with Gasteiger partial charge in [-0.25, -0.2) is 5.01 Å². The fourth-order valence-corrected chi connectivity index (χ4v) is 2.22. The van der Waals surface area contributed by atoms with Crippen LogP contribution in [0.4, 0.5) is 0 Å². The lowest BCUT2D eigenvalue weighted by Crippen LogP contribution is -2.55. The molecule has 6 nitrogen and oxygen atoms in total. The minimum atomic E-state index is 0.221. The Balaban J connectivity index is 1.70. The van der Waals surface area contributed by atoms with Gasteiger partial charge >= 0.3 is 0 Å². The van der Waals surface area contributed by atoms with Crippen LogP contribution in [0.5, 0.6) is 0 Å². The second kappa shape index (κ2) is 6.30. The molecule has 0 aromatic rings. The Hall–Kier alpha value is -0.690. The van der Waals surface area contributed by atoms with Crippen molar-refractivity contribution in [3.05, 3.63) is 0 Å². The first kappa shape index (κ1) is 12.8. The van der Waals surface area contributed by atoms with Crippen molar-refractivity contribution in [3.63, 3.8) is 0 Å². The van der Waals surface area contributed by atoms with Crippen molar-refractivity contribution in [1.29, 1.82) is 0 Å². The number of ether oxygens (including phenoxy) is 1. The quantitative estimate of drug-likeness (QED) is 0.657. The highest BCUT2D eigenvalue weighted by Gasteiger charge is 2.23. The topological polar surface area (TPSA) is 48.0 Å². The van der Waals surface area contributed by atoms with E-state index >= 15 is 0 Å². The maximum atomic E-state index is 11.8. The van der Waals surface area contributed by atoms with Crippen molar-refractivity contribution in [2.45, 2.75) is 0 Å². The van der Waals surface area contributed by atoms with Gasteiger partial charge in [-0.1, -0.05) is 0 Å². The molecule has 0 saturated carbocycles. The van der Waals surface area contributed by atoms with Crippen LogP contribution >= 0.6 is 0 Å². The standard InChI is InChI=1S/C11H22N4O2/c1-12-15-5-4-14(11(16)10-15)3-2-13-6-8-17-9-7-13/h12H,2-10H2,1H3. The molecule has 0 radical (unpaired) electrons. The predicted octanol–water partition coefficient (Wildman–Crippen LogP) is -1.40. The van der Waals surface area contributed by atoms with Gasteiger partial charge in [-0.2, -0.15) is 0 Å². The highest BCUT2D eigenvalue weighted by molar-refractivity contribution is 5.78. The summed E-state index contributed by atoms with van der Waals surface area (Å²) in [4.78, 5) is 16.2. The van der Waals surface area contributed by atoms with Crippen LogP contribution in [0.3, 0.4) is 0 Å². The van der Waals surface area contributed by atoms with E-state index in [0.717, 1.165) is 52.5 Å². The van der Waals surface area contributed by atoms with E-state index in [1.165, 1.54) is 0 Å². The number of nitrogens with zero attached hydrogens (tertiary/aromatic N) is 3. The zero-order valence-corrected chi connectivity index (χ0v) is 10.5. The number of carbonyl (C=O) groups excluding carboxylic acids is 1. The summed E-state index contributed by atoms with van der Waals surface area (Å²) in [6.45, 7) is 7.65. The second-order valence-corrected chi connectivity index (χ2v) is 4.48.